The van der Waals surface area contributed by atoms with Crippen LogP contribution in [0.2, 0.25) is 0 Å². The van der Waals surface area contributed by atoms with Gasteiger partial charge in [0.2, 0.25) is 11.8 Å². The van der Waals surface area contributed by atoms with E-state index in [0.717, 1.165) is 64.2 Å². The maximum Gasteiger partial charge on any atom is 0.326 e. The summed E-state index contributed by atoms with van der Waals surface area (Å²) in [7, 11) is 0. The molecule has 9 N–H and O–H groups in total. The van der Waals surface area contributed by atoms with Gasteiger partial charge in [-0.3, -0.25) is 29.0 Å². The van der Waals surface area contributed by atoms with Crippen molar-refractivity contribution in [1.29, 1.82) is 0 Å². The van der Waals surface area contributed by atoms with Crippen LogP contribution in [-0.2, 0) is 43.0 Å². The number of esters is 2. The number of carbonyl (C=O) groups excluding carboxylic acids is 4. The van der Waals surface area contributed by atoms with Crippen molar-refractivity contribution in [1.82, 2.24) is 9.80 Å². The van der Waals surface area contributed by atoms with Gasteiger partial charge in [-0.15, -0.1) is 0 Å². The van der Waals surface area contributed by atoms with E-state index in [4.69, 9.17) is 31.8 Å². The van der Waals surface area contributed by atoms with Crippen LogP contribution in [0.25, 0.3) is 0 Å². The summed E-state index contributed by atoms with van der Waals surface area (Å²) in [6.07, 6.45) is 14.1. The molecule has 11 atom stereocenters. The monoisotopic (exact) mass is 909 g/mol. The van der Waals surface area contributed by atoms with Crippen molar-refractivity contribution in [3.05, 3.63) is 0 Å². The number of guanidine groups is 1. The van der Waals surface area contributed by atoms with Crippen LogP contribution in [0.4, 0.5) is 0 Å². The molecule has 0 aromatic carbocycles. The Balaban J connectivity index is 0.000000354. The quantitative estimate of drug-likeness (QED) is 0.0385. The van der Waals surface area contributed by atoms with Crippen molar-refractivity contribution >= 4 is 47.6 Å². The highest BCUT2D eigenvalue weighted by Crippen LogP contribution is 2.42. The predicted octanol–water partition coefficient (Wildman–Crippen LogP) is 4.92. The summed E-state index contributed by atoms with van der Waals surface area (Å²) in [5.41, 5.74) is 15.3. The Morgan fingerprint density at radius 1 is 0.641 bits per heavy atom. The first-order valence-electron chi connectivity index (χ1n) is 23.8. The van der Waals surface area contributed by atoms with Gasteiger partial charge in [0.25, 0.3) is 0 Å². The summed E-state index contributed by atoms with van der Waals surface area (Å²) >= 11 is 0. The third-order valence-electron chi connectivity index (χ3n) is 13.2. The molecule has 366 valence electrons. The number of ether oxygens (including phenoxy) is 2. The summed E-state index contributed by atoms with van der Waals surface area (Å²) in [5, 5.41) is 27.6. The fraction of sp³-hybridized carbons (Fsp3) is 0.826. The van der Waals surface area contributed by atoms with Gasteiger partial charge in [0.15, 0.2) is 5.96 Å². The van der Waals surface area contributed by atoms with Crippen LogP contribution in [0, 0.1) is 35.5 Å². The number of hydrogen-bond acceptors (Lipinski definition) is 11. The molecule has 2 aliphatic heterocycles. The molecule has 2 aliphatic carbocycles. The molecule has 0 spiro atoms. The molecule has 2 heterocycles. The molecule has 1 unspecified atom stereocenters. The van der Waals surface area contributed by atoms with E-state index in [1.54, 1.807) is 23.6 Å². The predicted molar refractivity (Wildman–Crippen MR) is 240 cm³/mol. The van der Waals surface area contributed by atoms with Crippen LogP contribution < -0.4 is 17.2 Å². The number of rotatable bonds is 21. The highest BCUT2D eigenvalue weighted by Gasteiger charge is 2.50. The topological polar surface area (TPSA) is 296 Å². The summed E-state index contributed by atoms with van der Waals surface area (Å²) in [6, 6.07) is -2.16. The molecule has 4 fully saturated rings. The molecule has 0 bridgehead atoms. The third-order valence-corrected chi connectivity index (χ3v) is 13.2. The van der Waals surface area contributed by atoms with Gasteiger partial charge in [-0.05, 0) is 103 Å². The van der Waals surface area contributed by atoms with Gasteiger partial charge in [0, 0.05) is 30.5 Å². The number of fused-ring (bicyclic) bond motifs is 2. The number of likely N-dealkylation sites (tertiary alicyclic amines) is 2. The normalized spacial score (nSPS) is 24.6. The first-order chi connectivity index (χ1) is 30.3. The Morgan fingerprint density at radius 3 is 1.36 bits per heavy atom. The molecule has 4 rings (SSSR count). The number of aliphatic imine (C=N–C) groups is 1. The Labute approximate surface area is 379 Å². The number of aliphatic carboxylic acids is 3. The molecular formula is C46H80N6O12. The van der Waals surface area contributed by atoms with Crippen LogP contribution in [0.1, 0.15) is 157 Å². The summed E-state index contributed by atoms with van der Waals surface area (Å²) < 4.78 is 10.3. The van der Waals surface area contributed by atoms with Crippen LogP contribution in [0.5, 0.6) is 0 Å². The number of nitrogens with two attached hydrogens (primary N) is 3. The van der Waals surface area contributed by atoms with E-state index in [9.17, 15) is 43.8 Å². The molecule has 18 heteroatoms. The Kier molecular flexibility index (Phi) is 24.7. The minimum atomic E-state index is -1.00. The van der Waals surface area contributed by atoms with E-state index >= 15 is 0 Å². The SMILES string of the molecule is CCCC(C[C@@H](C)C(=O)N1[C@H](C(=O)O)C[C@@H]2CCCC[C@@H]21)C(=O)OCC.CCC[C@@H](C[C@@H](C)C(=O)N1[C@H](C(=O)O)C[C@@H]2CCCC[C@@H]21)C(=O)OCC.NC(N)=NCCC[C@H](N)C(=O)O. The van der Waals surface area contributed by atoms with Crippen molar-refractivity contribution in [3.8, 4) is 0 Å². The van der Waals surface area contributed by atoms with E-state index in [1.165, 1.54) is 0 Å². The molecule has 64 heavy (non-hydrogen) atoms. The molecule has 0 aromatic rings. The van der Waals surface area contributed by atoms with Crippen LogP contribution in [-0.4, -0.2) is 123 Å². The van der Waals surface area contributed by atoms with Gasteiger partial charge in [-0.2, -0.15) is 0 Å². The Hall–Kier alpha value is -4.48. The van der Waals surface area contributed by atoms with Crippen molar-refractivity contribution in [3.63, 3.8) is 0 Å². The van der Waals surface area contributed by atoms with Gasteiger partial charge >= 0.3 is 29.8 Å². The van der Waals surface area contributed by atoms with Crippen LogP contribution in [0.3, 0.4) is 0 Å². The number of hydrogen-bond donors (Lipinski definition) is 6. The highest BCUT2D eigenvalue weighted by atomic mass is 16.5. The van der Waals surface area contributed by atoms with Crippen molar-refractivity contribution < 1.29 is 58.4 Å². The lowest BCUT2D eigenvalue weighted by Crippen LogP contribution is -2.48. The number of nitrogens with zero attached hydrogens (tertiary/aromatic N) is 3. The van der Waals surface area contributed by atoms with E-state index in [0.29, 0.717) is 83.0 Å². The minimum absolute atomic E-state index is 0.0129. The average molecular weight is 909 g/mol. The van der Waals surface area contributed by atoms with Gasteiger partial charge in [-0.1, -0.05) is 66.2 Å². The minimum Gasteiger partial charge on any atom is -0.480 e. The second-order valence-corrected chi connectivity index (χ2v) is 18.0. The van der Waals surface area contributed by atoms with Crippen LogP contribution >= 0.6 is 0 Å². The highest BCUT2D eigenvalue weighted by molar-refractivity contribution is 5.87. The maximum atomic E-state index is 13.1. The lowest BCUT2D eigenvalue weighted by Gasteiger charge is -2.35. The third kappa shape index (κ3) is 16.8. The van der Waals surface area contributed by atoms with E-state index in [2.05, 4.69) is 4.99 Å². The van der Waals surface area contributed by atoms with Crippen molar-refractivity contribution in [2.24, 2.45) is 57.7 Å². The molecule has 18 nitrogen and oxygen atoms in total. The zero-order valence-corrected chi connectivity index (χ0v) is 39.3. The van der Waals surface area contributed by atoms with Crippen molar-refractivity contribution in [2.75, 3.05) is 19.8 Å². The van der Waals surface area contributed by atoms with Crippen LogP contribution in [0.15, 0.2) is 4.99 Å². The molecule has 0 aromatic heterocycles. The first kappa shape index (κ1) is 55.7. The summed E-state index contributed by atoms with van der Waals surface area (Å²) in [4.78, 5) is 91.3. The number of carbonyl (C=O) groups is 7. The average Bonchev–Trinajstić information content (AvgIpc) is 3.85. The van der Waals surface area contributed by atoms with E-state index < -0.39 is 36.0 Å². The number of amides is 2. The summed E-state index contributed by atoms with van der Waals surface area (Å²) in [5.74, 6) is -4.27. The number of carboxylic acids is 3. The first-order valence-corrected chi connectivity index (χ1v) is 23.8. The van der Waals surface area contributed by atoms with Crippen molar-refractivity contribution in [2.45, 2.75) is 187 Å². The molecular weight excluding hydrogens is 829 g/mol. The van der Waals surface area contributed by atoms with Gasteiger partial charge in [0.05, 0.1) is 25.0 Å². The Bertz CT molecular complexity index is 1470. The van der Waals surface area contributed by atoms with Gasteiger partial charge < -0.3 is 51.8 Å². The lowest BCUT2D eigenvalue weighted by atomic mass is 9.84. The molecule has 2 saturated carbocycles. The molecule has 4 aliphatic rings. The second-order valence-electron chi connectivity index (χ2n) is 18.0. The standard InChI is InChI=1S/2C20H33NO5.C6H14N4O2/c2*1-4-8-15(20(25)26-5-2)11-13(3)18(22)21-16-10-7-6-9-14(16)12-17(21)19(23)24;7-4(5(11)12)2-1-3-10-6(8)9/h2*13-17H,4-12H2,1-3H3,(H,23,24);4H,1-3,7H2,(H,11,12)(H4,8,9,10)/t13-,14+,15?,16+,17+;13-,14+,15+,16+,17+;4-/m110/s1. The molecule has 2 amide bonds. The zero-order chi connectivity index (χ0) is 48.1. The lowest BCUT2D eigenvalue weighted by molar-refractivity contribution is -0.154. The fourth-order valence-corrected chi connectivity index (χ4v) is 10.1. The molecule has 2 saturated heterocycles. The van der Waals surface area contributed by atoms with E-state index in [1.807, 2.05) is 27.7 Å². The molecule has 0 radical (unpaired) electrons. The van der Waals surface area contributed by atoms with Gasteiger partial charge in [-0.25, -0.2) is 9.59 Å². The zero-order valence-electron chi connectivity index (χ0n) is 39.3. The number of carboxylic acid groups (broad SMARTS) is 3. The Morgan fingerprint density at radius 2 is 1.03 bits per heavy atom. The summed E-state index contributed by atoms with van der Waals surface area (Å²) in [6.45, 7) is 12.3. The fourth-order valence-electron chi connectivity index (χ4n) is 10.1. The second kappa shape index (κ2) is 28.4. The van der Waals surface area contributed by atoms with Gasteiger partial charge in [0.1, 0.15) is 18.1 Å². The smallest absolute Gasteiger partial charge is 0.326 e. The maximum absolute atomic E-state index is 13.1. The van der Waals surface area contributed by atoms with E-state index in [-0.39, 0.29) is 65.5 Å². The largest absolute Gasteiger partial charge is 0.480 e.